The minimum atomic E-state index is -0.802. The normalized spacial score (nSPS) is 12.5. The van der Waals surface area contributed by atoms with Crippen molar-refractivity contribution >= 4 is 12.0 Å². The van der Waals surface area contributed by atoms with Gasteiger partial charge in [0.1, 0.15) is 11.5 Å². The maximum Gasteiger partial charge on any atom is 0.248 e. The first-order chi connectivity index (χ1) is 14.3. The molecule has 0 aliphatic carbocycles. The lowest BCUT2D eigenvalue weighted by molar-refractivity contribution is -0.115. The summed E-state index contributed by atoms with van der Waals surface area (Å²) in [5, 5.41) is 2.83. The van der Waals surface area contributed by atoms with E-state index >= 15 is 0 Å². The van der Waals surface area contributed by atoms with E-state index < -0.39 is 5.66 Å². The third-order valence-corrected chi connectivity index (χ3v) is 4.01. The molecule has 1 amide bonds. The quantitative estimate of drug-likeness (QED) is 0.122. The highest BCUT2D eigenvalue weighted by molar-refractivity contribution is 5.93. The van der Waals surface area contributed by atoms with Gasteiger partial charge in [0.05, 0.1) is 24.6 Å². The van der Waals surface area contributed by atoms with E-state index in [1.54, 1.807) is 25.2 Å². The summed E-state index contributed by atoms with van der Waals surface area (Å²) < 4.78 is 11.3. The van der Waals surface area contributed by atoms with Gasteiger partial charge in [0, 0.05) is 18.9 Å². The van der Waals surface area contributed by atoms with Crippen molar-refractivity contribution in [3.63, 3.8) is 0 Å². The molecule has 1 rings (SSSR count). The van der Waals surface area contributed by atoms with E-state index in [0.717, 1.165) is 17.7 Å². The molecule has 6 nitrogen and oxygen atoms in total. The summed E-state index contributed by atoms with van der Waals surface area (Å²) in [7, 11) is 0. The number of benzene rings is 1. The first kappa shape index (κ1) is 25.0. The molecule has 0 aliphatic rings. The predicted octanol–water partition coefficient (Wildman–Crippen LogP) is 3.46. The zero-order chi connectivity index (χ0) is 22.4. The molecule has 0 aromatic heterocycles. The maximum absolute atomic E-state index is 12.3. The fraction of sp³-hybridized carbons (Fsp3) is 0.375. The minimum absolute atomic E-state index is 0.261. The van der Waals surface area contributed by atoms with E-state index in [4.69, 9.17) is 27.4 Å². The number of terminal acetylenes is 1. The summed E-state index contributed by atoms with van der Waals surface area (Å²) in [6.45, 7) is 6.32. The highest BCUT2D eigenvalue weighted by atomic mass is 16.5. The fourth-order valence-corrected chi connectivity index (χ4v) is 2.36. The van der Waals surface area contributed by atoms with Gasteiger partial charge in [-0.15, -0.1) is 12.3 Å². The monoisotopic (exact) mass is 411 g/mol. The number of hydrogen-bond donors (Lipinski definition) is 3. The van der Waals surface area contributed by atoms with Gasteiger partial charge in [0.25, 0.3) is 0 Å². The lowest BCUT2D eigenvalue weighted by Crippen LogP contribution is -2.46. The summed E-state index contributed by atoms with van der Waals surface area (Å²) in [5.41, 5.74) is 12.2. The predicted molar refractivity (Wildman–Crippen MR) is 122 cm³/mol. The lowest BCUT2D eigenvalue weighted by Gasteiger charge is -2.20. The Morgan fingerprint density at radius 2 is 1.90 bits per heavy atom. The number of ether oxygens (including phenoxy) is 2. The zero-order valence-corrected chi connectivity index (χ0v) is 18.1. The Morgan fingerprint density at radius 3 is 2.47 bits per heavy atom. The fourth-order valence-electron chi connectivity index (χ4n) is 2.36. The molecule has 0 saturated carbocycles. The summed E-state index contributed by atoms with van der Waals surface area (Å²) in [4.78, 5) is 12.3. The van der Waals surface area contributed by atoms with E-state index in [-0.39, 0.29) is 5.91 Å². The molecule has 162 valence electrons. The number of unbranched alkanes of at least 4 members (excludes halogenated alkanes) is 1. The van der Waals surface area contributed by atoms with Crippen molar-refractivity contribution in [2.24, 2.45) is 11.5 Å². The van der Waals surface area contributed by atoms with Gasteiger partial charge in [-0.1, -0.05) is 18.2 Å². The average Bonchev–Trinajstić information content (AvgIpc) is 2.71. The number of rotatable bonds is 12. The van der Waals surface area contributed by atoms with Crippen LogP contribution in [0.15, 0.2) is 53.9 Å². The lowest BCUT2D eigenvalue weighted by atomic mass is 10.2. The Kier molecular flexibility index (Phi) is 11.1. The van der Waals surface area contributed by atoms with Gasteiger partial charge in [0.2, 0.25) is 5.91 Å². The number of carbonyl (C=O) groups is 1. The highest BCUT2D eigenvalue weighted by Crippen LogP contribution is 2.14. The second kappa shape index (κ2) is 13.3. The van der Waals surface area contributed by atoms with E-state index in [0.29, 0.717) is 37.5 Å². The third-order valence-electron chi connectivity index (χ3n) is 4.01. The van der Waals surface area contributed by atoms with Crippen LogP contribution in [0.3, 0.4) is 0 Å². The Morgan fingerprint density at radius 1 is 1.20 bits per heavy atom. The largest absolute Gasteiger partial charge is 0.494 e. The SMILES string of the molecule is C#CCCCOc1ccc(/C=C/C(=O)NC(=C/C)/C(=C\C)OCCC(C)(N)N)cc1. The molecule has 30 heavy (non-hydrogen) atoms. The van der Waals surface area contributed by atoms with Gasteiger partial charge >= 0.3 is 0 Å². The molecule has 5 N–H and O–H groups in total. The molecule has 0 atom stereocenters. The van der Waals surface area contributed by atoms with Crippen molar-refractivity contribution in [2.75, 3.05) is 13.2 Å². The number of nitrogens with one attached hydrogen (secondary N) is 1. The van der Waals surface area contributed by atoms with Crippen LogP contribution in [0.25, 0.3) is 6.08 Å². The molecule has 0 fully saturated rings. The summed E-state index contributed by atoms with van der Waals surface area (Å²) in [6, 6.07) is 7.49. The second-order valence-corrected chi connectivity index (χ2v) is 7.01. The molecule has 0 spiro atoms. The van der Waals surface area contributed by atoms with Crippen LogP contribution in [-0.2, 0) is 9.53 Å². The van der Waals surface area contributed by atoms with Crippen LogP contribution in [0, 0.1) is 12.3 Å². The van der Waals surface area contributed by atoms with Crippen LogP contribution in [0.5, 0.6) is 5.75 Å². The van der Waals surface area contributed by atoms with E-state index in [1.165, 1.54) is 6.08 Å². The highest BCUT2D eigenvalue weighted by Gasteiger charge is 2.13. The van der Waals surface area contributed by atoms with Gasteiger partial charge in [-0.25, -0.2) is 0 Å². The number of nitrogens with two attached hydrogens (primary N) is 2. The molecule has 6 heteroatoms. The first-order valence-corrected chi connectivity index (χ1v) is 9.98. The molecular weight excluding hydrogens is 378 g/mol. The van der Waals surface area contributed by atoms with E-state index in [9.17, 15) is 4.79 Å². The Labute approximate surface area is 180 Å². The first-order valence-electron chi connectivity index (χ1n) is 9.98. The van der Waals surface area contributed by atoms with Gasteiger partial charge < -0.3 is 26.3 Å². The third kappa shape index (κ3) is 10.5. The maximum atomic E-state index is 12.3. The second-order valence-electron chi connectivity index (χ2n) is 7.01. The molecule has 0 saturated heterocycles. The minimum Gasteiger partial charge on any atom is -0.494 e. The molecule has 0 heterocycles. The molecule has 1 aromatic carbocycles. The standard InChI is InChI=1S/C24H33N3O3/c1-5-8-9-17-29-20-13-10-19(11-14-20)12-15-23(28)27-21(6-2)22(7-3)30-18-16-24(4,25)26/h1,6-7,10-15H,8-9,16-18,25-26H2,2-4H3,(H,27,28)/b15-12+,21-6+,22-7+. The van der Waals surface area contributed by atoms with Crippen molar-refractivity contribution in [1.29, 1.82) is 0 Å². The molecule has 0 bridgehead atoms. The van der Waals surface area contributed by atoms with Crippen LogP contribution in [-0.4, -0.2) is 24.8 Å². The van der Waals surface area contributed by atoms with Crippen LogP contribution in [0.4, 0.5) is 0 Å². The van der Waals surface area contributed by atoms with Gasteiger partial charge in [-0.05, 0) is 57.0 Å². The summed E-state index contributed by atoms with van der Waals surface area (Å²) in [5.74, 6) is 3.65. The van der Waals surface area contributed by atoms with E-state index in [1.807, 2.05) is 38.1 Å². The smallest absolute Gasteiger partial charge is 0.248 e. The van der Waals surface area contributed by atoms with Crippen molar-refractivity contribution in [3.8, 4) is 18.1 Å². The average molecular weight is 412 g/mol. The number of carbonyl (C=O) groups excluding carboxylic acids is 1. The molecule has 0 unspecified atom stereocenters. The molecule has 0 radical (unpaired) electrons. The van der Waals surface area contributed by atoms with Crippen molar-refractivity contribution in [2.45, 2.75) is 45.7 Å². The Balaban J connectivity index is 2.58. The molecule has 1 aromatic rings. The number of amides is 1. The summed E-state index contributed by atoms with van der Waals surface area (Å²) in [6.07, 6.45) is 14.0. The molecule has 0 aliphatic heterocycles. The Hall–Kier alpha value is -3.01. The van der Waals surface area contributed by atoms with Crippen LogP contribution >= 0.6 is 0 Å². The summed E-state index contributed by atoms with van der Waals surface area (Å²) >= 11 is 0. The van der Waals surface area contributed by atoms with Gasteiger partial charge in [-0.2, -0.15) is 0 Å². The van der Waals surface area contributed by atoms with Gasteiger partial charge in [0.15, 0.2) is 0 Å². The Bertz CT molecular complexity index is 794. The topological polar surface area (TPSA) is 99.6 Å². The van der Waals surface area contributed by atoms with Crippen LogP contribution in [0.1, 0.15) is 45.6 Å². The van der Waals surface area contributed by atoms with Crippen molar-refractivity contribution in [3.05, 3.63) is 59.5 Å². The number of allylic oxidation sites excluding steroid dienone is 2. The molecular formula is C24H33N3O3. The van der Waals surface area contributed by atoms with E-state index in [2.05, 4.69) is 11.2 Å². The van der Waals surface area contributed by atoms with Crippen molar-refractivity contribution < 1.29 is 14.3 Å². The van der Waals surface area contributed by atoms with Crippen LogP contribution in [0.2, 0.25) is 0 Å². The number of hydrogen-bond acceptors (Lipinski definition) is 5. The zero-order valence-electron chi connectivity index (χ0n) is 18.1. The van der Waals surface area contributed by atoms with Gasteiger partial charge in [-0.3, -0.25) is 4.79 Å². The van der Waals surface area contributed by atoms with Crippen molar-refractivity contribution in [1.82, 2.24) is 5.32 Å². The van der Waals surface area contributed by atoms with Crippen LogP contribution < -0.4 is 21.5 Å².